The lowest BCUT2D eigenvalue weighted by atomic mass is 10.0. The van der Waals surface area contributed by atoms with Gasteiger partial charge in [-0.1, -0.05) is 24.6 Å². The molecule has 0 saturated heterocycles. The summed E-state index contributed by atoms with van der Waals surface area (Å²) in [6.07, 6.45) is 0.995. The predicted molar refractivity (Wildman–Crippen MR) is 90.1 cm³/mol. The second kappa shape index (κ2) is 7.58. The lowest BCUT2D eigenvalue weighted by molar-refractivity contribution is 0.385. The molecule has 1 N–H and O–H groups in total. The first kappa shape index (κ1) is 16.7. The van der Waals surface area contributed by atoms with Crippen molar-refractivity contribution in [2.45, 2.75) is 19.4 Å². The zero-order chi connectivity index (χ0) is 15.4. The Morgan fingerprint density at radius 1 is 1.43 bits per heavy atom. The van der Waals surface area contributed by atoms with E-state index in [-0.39, 0.29) is 17.6 Å². The van der Waals surface area contributed by atoms with Gasteiger partial charge in [0.25, 0.3) is 0 Å². The van der Waals surface area contributed by atoms with Gasteiger partial charge in [0.05, 0.1) is 13.2 Å². The van der Waals surface area contributed by atoms with Crippen LogP contribution in [0.25, 0.3) is 0 Å². The van der Waals surface area contributed by atoms with Gasteiger partial charge in [-0.15, -0.1) is 11.3 Å². The molecule has 0 aliphatic heterocycles. The van der Waals surface area contributed by atoms with Crippen LogP contribution in [0.3, 0.4) is 0 Å². The quantitative estimate of drug-likeness (QED) is 0.710. The molecule has 2 aromatic rings. The summed E-state index contributed by atoms with van der Waals surface area (Å²) in [5.74, 6) is -0.113. The van der Waals surface area contributed by atoms with E-state index in [1.807, 2.05) is 12.1 Å². The van der Waals surface area contributed by atoms with Gasteiger partial charge < -0.3 is 10.1 Å². The van der Waals surface area contributed by atoms with Crippen molar-refractivity contribution >= 4 is 38.9 Å². The molecule has 2 nitrogen and oxygen atoms in total. The smallest absolute Gasteiger partial charge is 0.165 e. The molecule has 0 fully saturated rings. The van der Waals surface area contributed by atoms with E-state index in [2.05, 4.69) is 28.2 Å². The van der Waals surface area contributed by atoms with E-state index in [1.165, 1.54) is 24.5 Å². The second-order valence-electron chi connectivity index (χ2n) is 4.55. The summed E-state index contributed by atoms with van der Waals surface area (Å²) in [6, 6.07) is 6.92. The van der Waals surface area contributed by atoms with Gasteiger partial charge in [-0.25, -0.2) is 4.39 Å². The average molecular weight is 393 g/mol. The SMILES string of the molecule is CCCNC(c1ccc(OC)c(F)c1)c1cc(Br)c(Cl)s1. The number of rotatable bonds is 6. The van der Waals surface area contributed by atoms with Crippen molar-refractivity contribution in [3.05, 3.63) is 49.3 Å². The van der Waals surface area contributed by atoms with Gasteiger partial charge in [-0.2, -0.15) is 0 Å². The molecule has 0 aliphatic rings. The maximum absolute atomic E-state index is 13.9. The predicted octanol–water partition coefficient (Wildman–Crippen LogP) is 5.40. The van der Waals surface area contributed by atoms with E-state index in [9.17, 15) is 4.39 Å². The molecule has 21 heavy (non-hydrogen) atoms. The van der Waals surface area contributed by atoms with Crippen molar-refractivity contribution in [3.8, 4) is 5.75 Å². The second-order valence-corrected chi connectivity index (χ2v) is 7.09. The summed E-state index contributed by atoms with van der Waals surface area (Å²) in [4.78, 5) is 1.05. The third-order valence-electron chi connectivity index (χ3n) is 3.06. The van der Waals surface area contributed by atoms with Crippen LogP contribution in [-0.4, -0.2) is 13.7 Å². The molecular weight excluding hydrogens is 377 g/mol. The summed E-state index contributed by atoms with van der Waals surface area (Å²) in [6.45, 7) is 2.93. The Hall–Kier alpha value is -0.620. The summed E-state index contributed by atoms with van der Waals surface area (Å²) in [7, 11) is 1.46. The van der Waals surface area contributed by atoms with Crippen molar-refractivity contribution in [1.82, 2.24) is 5.32 Å². The van der Waals surface area contributed by atoms with Crippen LogP contribution in [-0.2, 0) is 0 Å². The molecule has 2 rings (SSSR count). The van der Waals surface area contributed by atoms with Crippen molar-refractivity contribution in [2.75, 3.05) is 13.7 Å². The largest absolute Gasteiger partial charge is 0.494 e. The van der Waals surface area contributed by atoms with E-state index < -0.39 is 0 Å². The van der Waals surface area contributed by atoms with Crippen molar-refractivity contribution < 1.29 is 9.13 Å². The lowest BCUT2D eigenvalue weighted by Crippen LogP contribution is -2.22. The Morgan fingerprint density at radius 2 is 2.19 bits per heavy atom. The van der Waals surface area contributed by atoms with Crippen LogP contribution in [0.2, 0.25) is 4.34 Å². The standard InChI is InChI=1S/C15H16BrClFNOS/c1-3-6-19-14(13-8-10(16)15(17)21-13)9-4-5-12(20-2)11(18)7-9/h4-5,7-8,14,19H,3,6H2,1-2H3. The minimum Gasteiger partial charge on any atom is -0.494 e. The van der Waals surface area contributed by atoms with Gasteiger partial charge in [0.1, 0.15) is 4.34 Å². The number of ether oxygens (including phenoxy) is 1. The molecule has 1 aromatic heterocycles. The van der Waals surface area contributed by atoms with Crippen molar-refractivity contribution in [2.24, 2.45) is 0 Å². The number of hydrogen-bond acceptors (Lipinski definition) is 3. The van der Waals surface area contributed by atoms with Crippen molar-refractivity contribution in [1.29, 1.82) is 0 Å². The number of halogens is 3. The molecule has 0 bridgehead atoms. The minimum absolute atomic E-state index is 0.0841. The summed E-state index contributed by atoms with van der Waals surface area (Å²) in [5.41, 5.74) is 0.854. The molecule has 1 unspecified atom stereocenters. The van der Waals surface area contributed by atoms with Crippen LogP contribution in [0.5, 0.6) is 5.75 Å². The third-order valence-corrected chi connectivity index (χ3v) is 5.60. The molecule has 1 heterocycles. The van der Waals surface area contributed by atoms with Gasteiger partial charge >= 0.3 is 0 Å². The molecular formula is C15H16BrClFNOS. The molecule has 0 aliphatic carbocycles. The topological polar surface area (TPSA) is 21.3 Å². The maximum atomic E-state index is 13.9. The molecule has 1 atom stereocenters. The highest BCUT2D eigenvalue weighted by molar-refractivity contribution is 9.10. The Kier molecular flexibility index (Phi) is 6.05. The molecule has 6 heteroatoms. The lowest BCUT2D eigenvalue weighted by Gasteiger charge is -2.18. The number of nitrogens with one attached hydrogen (secondary N) is 1. The normalized spacial score (nSPS) is 12.4. The summed E-state index contributed by atoms with van der Waals surface area (Å²) in [5, 5.41) is 3.43. The van der Waals surface area contributed by atoms with E-state index >= 15 is 0 Å². The van der Waals surface area contributed by atoms with Crippen LogP contribution < -0.4 is 10.1 Å². The summed E-state index contributed by atoms with van der Waals surface area (Å²) < 4.78 is 20.5. The van der Waals surface area contributed by atoms with Crippen LogP contribution in [0.1, 0.15) is 29.8 Å². The summed E-state index contributed by atoms with van der Waals surface area (Å²) >= 11 is 11.0. The first-order valence-corrected chi connectivity index (χ1v) is 8.57. The van der Waals surface area contributed by atoms with E-state index in [4.69, 9.17) is 16.3 Å². The number of hydrogen-bond donors (Lipinski definition) is 1. The fourth-order valence-corrected chi connectivity index (χ4v) is 3.88. The van der Waals surface area contributed by atoms with E-state index in [1.54, 1.807) is 6.07 Å². The van der Waals surface area contributed by atoms with Gasteiger partial charge in [0, 0.05) is 9.35 Å². The Balaban J connectivity index is 2.37. The molecule has 0 saturated carbocycles. The van der Waals surface area contributed by atoms with Gasteiger partial charge in [-0.3, -0.25) is 0 Å². The highest BCUT2D eigenvalue weighted by Crippen LogP contribution is 2.38. The average Bonchev–Trinajstić information content (AvgIpc) is 2.79. The number of benzene rings is 1. The fourth-order valence-electron chi connectivity index (χ4n) is 2.04. The first-order chi connectivity index (χ1) is 10.1. The van der Waals surface area contributed by atoms with Gasteiger partial charge in [-0.05, 0) is 52.7 Å². The fraction of sp³-hybridized carbons (Fsp3) is 0.333. The highest BCUT2D eigenvalue weighted by atomic mass is 79.9. The zero-order valence-corrected chi connectivity index (χ0v) is 14.9. The van der Waals surface area contributed by atoms with Crippen LogP contribution in [0.15, 0.2) is 28.7 Å². The number of thiophene rings is 1. The number of methoxy groups -OCH3 is 1. The van der Waals surface area contributed by atoms with Crippen LogP contribution in [0, 0.1) is 5.82 Å². The zero-order valence-electron chi connectivity index (χ0n) is 11.8. The van der Waals surface area contributed by atoms with Crippen molar-refractivity contribution in [3.63, 3.8) is 0 Å². The highest BCUT2D eigenvalue weighted by Gasteiger charge is 2.19. The molecule has 0 spiro atoms. The third kappa shape index (κ3) is 3.97. The van der Waals surface area contributed by atoms with Gasteiger partial charge in [0.2, 0.25) is 0 Å². The molecule has 0 radical (unpaired) electrons. The van der Waals surface area contributed by atoms with E-state index in [0.29, 0.717) is 4.34 Å². The maximum Gasteiger partial charge on any atom is 0.165 e. The Labute approximate surface area is 141 Å². The van der Waals surface area contributed by atoms with Gasteiger partial charge in [0.15, 0.2) is 11.6 Å². The Bertz CT molecular complexity index is 600. The molecule has 0 amide bonds. The van der Waals surface area contributed by atoms with Crippen LogP contribution >= 0.6 is 38.9 Å². The molecule has 114 valence electrons. The van der Waals surface area contributed by atoms with E-state index in [0.717, 1.165) is 27.9 Å². The Morgan fingerprint density at radius 3 is 2.71 bits per heavy atom. The minimum atomic E-state index is -0.361. The molecule has 1 aromatic carbocycles. The van der Waals surface area contributed by atoms with Crippen LogP contribution in [0.4, 0.5) is 4.39 Å². The first-order valence-electron chi connectivity index (χ1n) is 6.58. The monoisotopic (exact) mass is 391 g/mol.